The molecule has 90 valence electrons. The van der Waals surface area contributed by atoms with Crippen LogP contribution in [0.15, 0.2) is 24.5 Å². The van der Waals surface area contributed by atoms with E-state index in [0.717, 1.165) is 6.42 Å². The zero-order chi connectivity index (χ0) is 11.6. The summed E-state index contributed by atoms with van der Waals surface area (Å²) in [5.74, 6) is 0. The highest BCUT2D eigenvalue weighted by Gasteiger charge is 2.00. The maximum absolute atomic E-state index is 2.33. The summed E-state index contributed by atoms with van der Waals surface area (Å²) >= 11 is 0. The lowest BCUT2D eigenvalue weighted by Crippen LogP contribution is -2.33. The summed E-state index contributed by atoms with van der Waals surface area (Å²) < 4.78 is 2.33. The third kappa shape index (κ3) is 5.29. The van der Waals surface area contributed by atoms with Crippen molar-refractivity contribution in [2.75, 3.05) is 0 Å². The average Bonchev–Trinajstić information content (AvgIpc) is 2.34. The molecule has 0 radical (unpaired) electrons. The molecule has 0 bridgehead atoms. The van der Waals surface area contributed by atoms with E-state index in [1.165, 1.54) is 50.6 Å². The number of pyridine rings is 1. The molecule has 1 rings (SSSR count). The Balaban J connectivity index is 2.16. The highest BCUT2D eigenvalue weighted by molar-refractivity contribution is 5.04. The molecule has 0 amide bonds. The van der Waals surface area contributed by atoms with Crippen molar-refractivity contribution in [2.45, 2.75) is 65.3 Å². The van der Waals surface area contributed by atoms with Crippen LogP contribution in [0.1, 0.15) is 57.9 Å². The number of unbranched alkanes of at least 4 members (excludes halogenated alkanes) is 5. The number of hydrogen-bond donors (Lipinski definition) is 0. The lowest BCUT2D eigenvalue weighted by molar-refractivity contribution is -0.697. The number of aromatic nitrogens is 1. The van der Waals surface area contributed by atoms with E-state index in [1.807, 2.05) is 0 Å². The Morgan fingerprint density at radius 1 is 1.00 bits per heavy atom. The summed E-state index contributed by atoms with van der Waals surface area (Å²) in [4.78, 5) is 0. The summed E-state index contributed by atoms with van der Waals surface area (Å²) in [6.45, 7) is 5.66. The molecule has 0 unspecified atom stereocenters. The minimum atomic E-state index is 1.14. The highest BCUT2D eigenvalue weighted by atomic mass is 14.9. The van der Waals surface area contributed by atoms with Gasteiger partial charge in [0.25, 0.3) is 0 Å². The van der Waals surface area contributed by atoms with Crippen molar-refractivity contribution in [1.82, 2.24) is 0 Å². The predicted octanol–water partition coefficient (Wildman–Crippen LogP) is 3.90. The van der Waals surface area contributed by atoms with Gasteiger partial charge in [-0.2, -0.15) is 0 Å². The van der Waals surface area contributed by atoms with Crippen LogP contribution in [0.4, 0.5) is 0 Å². The Labute approximate surface area is 101 Å². The Kier molecular flexibility index (Phi) is 6.87. The molecule has 1 aromatic heterocycles. The maximum Gasteiger partial charge on any atom is 0.171 e. The Hall–Kier alpha value is -0.850. The van der Waals surface area contributed by atoms with Crippen LogP contribution >= 0.6 is 0 Å². The van der Waals surface area contributed by atoms with Crippen molar-refractivity contribution < 1.29 is 4.57 Å². The van der Waals surface area contributed by atoms with Crippen LogP contribution in [0.3, 0.4) is 0 Å². The molecule has 1 aromatic rings. The first kappa shape index (κ1) is 13.2. The summed E-state index contributed by atoms with van der Waals surface area (Å²) in [6.07, 6.45) is 13.9. The normalized spacial score (nSPS) is 10.6. The van der Waals surface area contributed by atoms with Gasteiger partial charge in [-0.15, -0.1) is 0 Å². The third-order valence-electron chi connectivity index (χ3n) is 3.10. The van der Waals surface area contributed by atoms with E-state index in [0.29, 0.717) is 0 Å². The van der Waals surface area contributed by atoms with Gasteiger partial charge in [0.05, 0.1) is 0 Å². The van der Waals surface area contributed by atoms with E-state index in [2.05, 4.69) is 42.9 Å². The molecule has 0 saturated heterocycles. The first-order valence-electron chi connectivity index (χ1n) is 6.84. The highest BCUT2D eigenvalue weighted by Crippen LogP contribution is 2.04. The van der Waals surface area contributed by atoms with E-state index in [4.69, 9.17) is 0 Å². The fourth-order valence-corrected chi connectivity index (χ4v) is 2.00. The molecular weight excluding hydrogens is 194 g/mol. The zero-order valence-corrected chi connectivity index (χ0v) is 10.9. The Bertz CT molecular complexity index is 281. The Morgan fingerprint density at radius 3 is 2.50 bits per heavy atom. The number of nitrogens with zero attached hydrogens (tertiary/aromatic N) is 1. The molecule has 1 heteroatoms. The van der Waals surface area contributed by atoms with Crippen LogP contribution in [0.25, 0.3) is 0 Å². The first-order valence-corrected chi connectivity index (χ1v) is 6.84. The first-order chi connectivity index (χ1) is 7.86. The van der Waals surface area contributed by atoms with Gasteiger partial charge >= 0.3 is 0 Å². The number of aryl methyl sites for hydroxylation is 2. The van der Waals surface area contributed by atoms with Gasteiger partial charge in [-0.05, 0) is 18.9 Å². The van der Waals surface area contributed by atoms with Gasteiger partial charge < -0.3 is 0 Å². The SMILES string of the molecule is CCCCCCCC[n+]1cccc(CC)c1. The molecule has 1 heterocycles. The standard InChI is InChI=1S/C15H26N/c1-3-5-6-7-8-9-12-16-13-10-11-15(4-2)14-16/h10-11,13-14H,3-9,12H2,1-2H3/q+1. The van der Waals surface area contributed by atoms with Gasteiger partial charge in [0.15, 0.2) is 12.4 Å². The van der Waals surface area contributed by atoms with Gasteiger partial charge in [0.2, 0.25) is 0 Å². The van der Waals surface area contributed by atoms with Crippen molar-refractivity contribution >= 4 is 0 Å². The van der Waals surface area contributed by atoms with Crippen LogP contribution in [0.5, 0.6) is 0 Å². The number of rotatable bonds is 8. The smallest absolute Gasteiger partial charge is 0.171 e. The van der Waals surface area contributed by atoms with Crippen LogP contribution < -0.4 is 4.57 Å². The largest absolute Gasteiger partial charge is 0.205 e. The summed E-state index contributed by atoms with van der Waals surface area (Å²) in [5, 5.41) is 0. The summed E-state index contributed by atoms with van der Waals surface area (Å²) in [7, 11) is 0. The van der Waals surface area contributed by atoms with Gasteiger partial charge in [-0.3, -0.25) is 0 Å². The summed E-state index contributed by atoms with van der Waals surface area (Å²) in [6, 6.07) is 4.37. The van der Waals surface area contributed by atoms with Crippen molar-refractivity contribution in [2.24, 2.45) is 0 Å². The van der Waals surface area contributed by atoms with E-state index in [-0.39, 0.29) is 0 Å². The predicted molar refractivity (Wildman–Crippen MR) is 69.4 cm³/mol. The second-order valence-corrected chi connectivity index (χ2v) is 4.57. The second-order valence-electron chi connectivity index (χ2n) is 4.57. The van der Waals surface area contributed by atoms with Gasteiger partial charge in [-0.25, -0.2) is 4.57 Å². The number of hydrogen-bond acceptors (Lipinski definition) is 0. The molecule has 0 saturated carbocycles. The van der Waals surface area contributed by atoms with Crippen molar-refractivity contribution in [3.8, 4) is 0 Å². The molecular formula is C15H26N+. The minimum absolute atomic E-state index is 1.14. The van der Waals surface area contributed by atoms with Crippen molar-refractivity contribution in [3.63, 3.8) is 0 Å². The molecule has 0 aliphatic carbocycles. The van der Waals surface area contributed by atoms with E-state index >= 15 is 0 Å². The molecule has 0 aromatic carbocycles. The second kappa shape index (κ2) is 8.32. The molecule has 16 heavy (non-hydrogen) atoms. The molecule has 0 aliphatic rings. The van der Waals surface area contributed by atoms with Gasteiger partial charge in [0, 0.05) is 18.1 Å². The molecule has 1 nitrogen and oxygen atoms in total. The van der Waals surface area contributed by atoms with Crippen molar-refractivity contribution in [3.05, 3.63) is 30.1 Å². The molecule has 0 aliphatic heterocycles. The van der Waals surface area contributed by atoms with Gasteiger partial charge in [0.1, 0.15) is 6.54 Å². The van der Waals surface area contributed by atoms with Crippen LogP contribution in [-0.4, -0.2) is 0 Å². The maximum atomic E-state index is 2.33. The monoisotopic (exact) mass is 220 g/mol. The quantitative estimate of drug-likeness (QED) is 0.462. The van der Waals surface area contributed by atoms with Gasteiger partial charge in [-0.1, -0.05) is 39.5 Å². The lowest BCUT2D eigenvalue weighted by Gasteiger charge is -2.00. The molecule has 0 atom stereocenters. The van der Waals surface area contributed by atoms with E-state index < -0.39 is 0 Å². The molecule has 0 spiro atoms. The minimum Gasteiger partial charge on any atom is -0.205 e. The molecule has 0 N–H and O–H groups in total. The topological polar surface area (TPSA) is 3.88 Å². The Morgan fingerprint density at radius 2 is 1.75 bits per heavy atom. The van der Waals surface area contributed by atoms with E-state index in [9.17, 15) is 0 Å². The summed E-state index contributed by atoms with van der Waals surface area (Å²) in [5.41, 5.74) is 1.44. The fraction of sp³-hybridized carbons (Fsp3) is 0.667. The molecule has 0 fully saturated rings. The van der Waals surface area contributed by atoms with Crippen molar-refractivity contribution in [1.29, 1.82) is 0 Å². The average molecular weight is 220 g/mol. The zero-order valence-electron chi connectivity index (χ0n) is 10.9. The fourth-order valence-electron chi connectivity index (χ4n) is 2.00. The van der Waals surface area contributed by atoms with E-state index in [1.54, 1.807) is 0 Å². The lowest BCUT2D eigenvalue weighted by atomic mass is 10.1. The third-order valence-corrected chi connectivity index (χ3v) is 3.10. The van der Waals surface area contributed by atoms with Crippen LogP contribution in [0.2, 0.25) is 0 Å². The van der Waals surface area contributed by atoms with Crippen LogP contribution in [-0.2, 0) is 13.0 Å². The van der Waals surface area contributed by atoms with Crippen LogP contribution in [0, 0.1) is 0 Å².